The fourth-order valence-corrected chi connectivity index (χ4v) is 4.91. The minimum absolute atomic E-state index is 0.0280. The topological polar surface area (TPSA) is 59.1 Å². The molecule has 3 aliphatic rings. The highest BCUT2D eigenvalue weighted by Gasteiger charge is 2.41. The second kappa shape index (κ2) is 9.16. The van der Waals surface area contributed by atoms with E-state index in [9.17, 15) is 9.59 Å². The number of carbonyl (C=O) groups excluding carboxylic acids is 2. The third-order valence-corrected chi connectivity index (χ3v) is 6.65. The molecule has 1 atom stereocenters. The van der Waals surface area contributed by atoms with Crippen molar-refractivity contribution in [1.29, 1.82) is 0 Å². The zero-order valence-electron chi connectivity index (χ0n) is 17.2. The molecule has 1 aromatic rings. The number of likely N-dealkylation sites (tertiary alicyclic amines) is 2. The molecule has 4 rings (SSSR count). The lowest BCUT2D eigenvalue weighted by molar-refractivity contribution is -0.150. The van der Waals surface area contributed by atoms with Crippen molar-refractivity contribution in [2.75, 3.05) is 39.4 Å². The molecule has 0 N–H and O–H groups in total. The Morgan fingerprint density at radius 2 is 1.69 bits per heavy atom. The molecule has 0 aromatic heterocycles. The van der Waals surface area contributed by atoms with Crippen LogP contribution in [-0.2, 0) is 14.3 Å². The van der Waals surface area contributed by atoms with Crippen LogP contribution in [-0.4, -0.2) is 66.6 Å². The standard InChI is InChI=1S/C23H32N2O4/c26-21(24-11-4-5-12-24)16-19-8-15-29-23(17-19)9-13-25(14-10-23)22(27)18-28-20-6-2-1-3-7-20/h1-3,6-7,19H,4-5,8-18H2. The van der Waals surface area contributed by atoms with Gasteiger partial charge >= 0.3 is 0 Å². The maximum atomic E-state index is 12.5. The summed E-state index contributed by atoms with van der Waals surface area (Å²) in [5, 5.41) is 0. The number of ether oxygens (including phenoxy) is 2. The van der Waals surface area contributed by atoms with Crippen molar-refractivity contribution in [2.45, 2.75) is 50.5 Å². The van der Waals surface area contributed by atoms with Gasteiger partial charge in [-0.25, -0.2) is 0 Å². The second-order valence-electron chi connectivity index (χ2n) is 8.66. The Bertz CT molecular complexity index is 694. The lowest BCUT2D eigenvalue weighted by Crippen LogP contribution is -2.51. The molecule has 1 unspecified atom stereocenters. The molecule has 0 saturated carbocycles. The van der Waals surface area contributed by atoms with Crippen LogP contribution >= 0.6 is 0 Å². The SMILES string of the molecule is O=C(COc1ccccc1)N1CCC2(CC1)CC(CC(=O)N1CCCC1)CCO2. The van der Waals surface area contributed by atoms with Crippen LogP contribution in [0.15, 0.2) is 30.3 Å². The van der Waals surface area contributed by atoms with Gasteiger partial charge in [0.2, 0.25) is 5.91 Å². The van der Waals surface area contributed by atoms with Crippen LogP contribution in [0.3, 0.4) is 0 Å². The van der Waals surface area contributed by atoms with E-state index in [2.05, 4.69) is 0 Å². The van der Waals surface area contributed by atoms with E-state index in [1.807, 2.05) is 40.1 Å². The zero-order valence-corrected chi connectivity index (χ0v) is 17.2. The van der Waals surface area contributed by atoms with Crippen LogP contribution in [0, 0.1) is 5.92 Å². The van der Waals surface area contributed by atoms with E-state index in [0.29, 0.717) is 31.3 Å². The Morgan fingerprint density at radius 1 is 1.00 bits per heavy atom. The molecule has 3 aliphatic heterocycles. The van der Waals surface area contributed by atoms with Crippen LogP contribution in [0.1, 0.15) is 44.9 Å². The van der Waals surface area contributed by atoms with Gasteiger partial charge in [-0.2, -0.15) is 0 Å². The summed E-state index contributed by atoms with van der Waals surface area (Å²) in [5.74, 6) is 1.46. The summed E-state index contributed by atoms with van der Waals surface area (Å²) in [6.45, 7) is 4.05. The molecule has 158 valence electrons. The van der Waals surface area contributed by atoms with Crippen molar-refractivity contribution in [3.63, 3.8) is 0 Å². The number of amides is 2. The first-order valence-corrected chi connectivity index (χ1v) is 11.0. The third kappa shape index (κ3) is 5.10. The van der Waals surface area contributed by atoms with E-state index in [1.54, 1.807) is 0 Å². The van der Waals surface area contributed by atoms with Gasteiger partial charge in [-0.05, 0) is 56.6 Å². The quantitative estimate of drug-likeness (QED) is 0.763. The molecule has 2 amide bonds. The second-order valence-corrected chi connectivity index (χ2v) is 8.66. The monoisotopic (exact) mass is 400 g/mol. The summed E-state index contributed by atoms with van der Waals surface area (Å²) in [4.78, 5) is 29.0. The molecule has 3 fully saturated rings. The van der Waals surface area contributed by atoms with Crippen LogP contribution in [0.2, 0.25) is 0 Å². The van der Waals surface area contributed by atoms with Crippen LogP contribution < -0.4 is 4.74 Å². The van der Waals surface area contributed by atoms with Crippen molar-refractivity contribution in [3.05, 3.63) is 30.3 Å². The van der Waals surface area contributed by atoms with Gasteiger partial charge in [-0.1, -0.05) is 18.2 Å². The highest BCUT2D eigenvalue weighted by atomic mass is 16.5. The normalized spacial score (nSPS) is 23.9. The number of hydrogen-bond donors (Lipinski definition) is 0. The number of benzene rings is 1. The predicted octanol–water partition coefficient (Wildman–Crippen LogP) is 2.87. The Hall–Kier alpha value is -2.08. The first kappa shape index (κ1) is 20.2. The Labute approximate surface area is 173 Å². The van der Waals surface area contributed by atoms with Gasteiger partial charge in [0.05, 0.1) is 5.60 Å². The van der Waals surface area contributed by atoms with Crippen LogP contribution in [0.5, 0.6) is 5.75 Å². The fourth-order valence-electron chi connectivity index (χ4n) is 4.91. The summed E-state index contributed by atoms with van der Waals surface area (Å²) in [7, 11) is 0. The minimum Gasteiger partial charge on any atom is -0.484 e. The molecule has 0 radical (unpaired) electrons. The van der Waals surface area contributed by atoms with Gasteiger partial charge < -0.3 is 19.3 Å². The zero-order chi connectivity index (χ0) is 20.1. The Balaban J connectivity index is 1.24. The molecular weight excluding hydrogens is 368 g/mol. The molecule has 29 heavy (non-hydrogen) atoms. The first-order chi connectivity index (χ1) is 14.1. The van der Waals surface area contributed by atoms with E-state index >= 15 is 0 Å². The maximum absolute atomic E-state index is 12.5. The lowest BCUT2D eigenvalue weighted by Gasteiger charge is -2.46. The summed E-state index contributed by atoms with van der Waals surface area (Å²) in [6, 6.07) is 9.44. The average molecular weight is 401 g/mol. The van der Waals surface area contributed by atoms with Gasteiger partial charge in [-0.15, -0.1) is 0 Å². The fraction of sp³-hybridized carbons (Fsp3) is 0.652. The number of piperidine rings is 1. The Kier molecular flexibility index (Phi) is 6.38. The minimum atomic E-state index is -0.161. The molecule has 1 spiro atoms. The molecule has 3 heterocycles. The predicted molar refractivity (Wildman–Crippen MR) is 110 cm³/mol. The van der Waals surface area contributed by atoms with Crippen molar-refractivity contribution >= 4 is 11.8 Å². The first-order valence-electron chi connectivity index (χ1n) is 11.0. The third-order valence-electron chi connectivity index (χ3n) is 6.65. The van der Waals surface area contributed by atoms with Crippen LogP contribution in [0.25, 0.3) is 0 Å². The van der Waals surface area contributed by atoms with Gasteiger partial charge in [0.25, 0.3) is 5.91 Å². The average Bonchev–Trinajstić information content (AvgIpc) is 3.29. The van der Waals surface area contributed by atoms with Gasteiger partial charge in [-0.3, -0.25) is 9.59 Å². The number of nitrogens with zero attached hydrogens (tertiary/aromatic N) is 2. The van der Waals surface area contributed by atoms with Gasteiger partial charge in [0.15, 0.2) is 6.61 Å². The van der Waals surface area contributed by atoms with Gasteiger partial charge in [0, 0.05) is 39.2 Å². The van der Waals surface area contributed by atoms with Crippen molar-refractivity contribution in [3.8, 4) is 5.75 Å². The molecule has 1 aromatic carbocycles. The lowest BCUT2D eigenvalue weighted by atomic mass is 9.78. The molecule has 3 saturated heterocycles. The van der Waals surface area contributed by atoms with Crippen molar-refractivity contribution in [1.82, 2.24) is 9.80 Å². The number of para-hydroxylation sites is 1. The summed E-state index contributed by atoms with van der Waals surface area (Å²) < 4.78 is 11.8. The smallest absolute Gasteiger partial charge is 0.260 e. The van der Waals surface area contributed by atoms with Gasteiger partial charge in [0.1, 0.15) is 5.75 Å². The highest BCUT2D eigenvalue weighted by molar-refractivity contribution is 5.78. The molecule has 6 nitrogen and oxygen atoms in total. The summed E-state index contributed by atoms with van der Waals surface area (Å²) >= 11 is 0. The van der Waals surface area contributed by atoms with Crippen LogP contribution in [0.4, 0.5) is 0 Å². The maximum Gasteiger partial charge on any atom is 0.260 e. The number of hydrogen-bond acceptors (Lipinski definition) is 4. The molecule has 0 aliphatic carbocycles. The van der Waals surface area contributed by atoms with Crippen molar-refractivity contribution in [2.24, 2.45) is 5.92 Å². The van der Waals surface area contributed by atoms with E-state index in [4.69, 9.17) is 9.47 Å². The highest BCUT2D eigenvalue weighted by Crippen LogP contribution is 2.39. The number of carbonyl (C=O) groups is 2. The van der Waals surface area contributed by atoms with E-state index in [-0.39, 0.29) is 18.1 Å². The van der Waals surface area contributed by atoms with E-state index < -0.39 is 0 Å². The van der Waals surface area contributed by atoms with Crippen molar-refractivity contribution < 1.29 is 19.1 Å². The molecular formula is C23H32N2O4. The van der Waals surface area contributed by atoms with E-state index in [1.165, 1.54) is 0 Å². The molecule has 6 heteroatoms. The largest absolute Gasteiger partial charge is 0.484 e. The number of rotatable bonds is 5. The summed E-state index contributed by atoms with van der Waals surface area (Å²) in [6.07, 6.45) is 6.53. The molecule has 0 bridgehead atoms. The summed E-state index contributed by atoms with van der Waals surface area (Å²) in [5.41, 5.74) is -0.161. The van der Waals surface area contributed by atoms with E-state index in [0.717, 1.165) is 64.0 Å². The Morgan fingerprint density at radius 3 is 2.41 bits per heavy atom.